The molecule has 142 valence electrons. The lowest BCUT2D eigenvalue weighted by Gasteiger charge is -2.24. The van der Waals surface area contributed by atoms with Crippen LogP contribution in [-0.4, -0.2) is 39.8 Å². The first-order valence-electron chi connectivity index (χ1n) is 7.62. The third-order valence-corrected chi connectivity index (χ3v) is 8.40. The van der Waals surface area contributed by atoms with Crippen molar-refractivity contribution in [3.8, 4) is 0 Å². The Morgan fingerprint density at radius 1 is 1.15 bits per heavy atom. The maximum Gasteiger partial charge on any atom is 0.313 e. The molecular weight excluding hydrogens is 520 g/mol. The molecule has 27 heavy (non-hydrogen) atoms. The lowest BCUT2D eigenvalue weighted by atomic mass is 10.0. The van der Waals surface area contributed by atoms with E-state index in [1.807, 2.05) is 12.1 Å². The molecule has 0 atom stereocenters. The molecule has 3 amide bonds. The number of nitrogens with two attached hydrogens (primary N) is 1. The summed E-state index contributed by atoms with van der Waals surface area (Å²) >= 11 is 6.90. The van der Waals surface area contributed by atoms with Crippen molar-refractivity contribution in [1.29, 1.82) is 0 Å². The zero-order valence-electron chi connectivity index (χ0n) is 13.7. The number of primary amides is 1. The highest BCUT2D eigenvalue weighted by atomic mass is 79.9. The number of amides is 3. The number of halogens is 2. The minimum absolute atomic E-state index is 0.335. The molecule has 1 aromatic carbocycles. The van der Waals surface area contributed by atoms with Crippen LogP contribution < -0.4 is 16.4 Å². The number of carbonyl (C=O) groups excluding carboxylic acids is 3. The molecule has 0 unspecified atom stereocenters. The summed E-state index contributed by atoms with van der Waals surface area (Å²) in [7, 11) is 2.85. The van der Waals surface area contributed by atoms with Crippen LogP contribution in [0.1, 0.15) is 5.56 Å². The van der Waals surface area contributed by atoms with Gasteiger partial charge < -0.3 is 21.4 Å². The summed E-state index contributed by atoms with van der Waals surface area (Å²) < 4.78 is 1.82. The Balaban J connectivity index is 1.66. The molecule has 0 saturated carbocycles. The van der Waals surface area contributed by atoms with Gasteiger partial charge in [0, 0.05) is 49.3 Å². The van der Waals surface area contributed by atoms with Gasteiger partial charge in [-0.25, -0.2) is 0 Å². The van der Waals surface area contributed by atoms with Crippen LogP contribution in [0, 0.1) is 0 Å². The van der Waals surface area contributed by atoms with Gasteiger partial charge in [-0.15, -0.1) is 0 Å². The van der Waals surface area contributed by atoms with Gasteiger partial charge in [-0.3, -0.25) is 14.4 Å². The third-order valence-electron chi connectivity index (χ3n) is 3.96. The summed E-state index contributed by atoms with van der Waals surface area (Å²) in [5.74, 6) is -1.74. The fourth-order valence-electron chi connectivity index (χ4n) is 2.43. The number of H-pyrrole nitrogens is 1. The number of aromatic amines is 1. The number of carbonyl (C=O) groups is 3. The monoisotopic (exact) mass is 532 g/mol. The molecule has 1 aromatic heterocycles. The van der Waals surface area contributed by atoms with Crippen LogP contribution >= 0.6 is 53.4 Å². The van der Waals surface area contributed by atoms with E-state index in [9.17, 15) is 14.4 Å². The summed E-state index contributed by atoms with van der Waals surface area (Å²) in [4.78, 5) is 38.9. The summed E-state index contributed by atoms with van der Waals surface area (Å²) in [6.07, 6.45) is 4.85. The molecular formula is C16H14Br2N4O3S2. The molecule has 11 heteroatoms. The fourth-order valence-corrected chi connectivity index (χ4v) is 6.15. The predicted molar refractivity (Wildman–Crippen MR) is 116 cm³/mol. The van der Waals surface area contributed by atoms with Gasteiger partial charge in [-0.05, 0) is 50.1 Å². The maximum absolute atomic E-state index is 12.1. The van der Waals surface area contributed by atoms with Gasteiger partial charge in [0.15, 0.2) is 0 Å². The SMILES string of the molecule is NC(=O)C1(NC(=O)C(=O)NC=Cc2c[nH]c3cc(Br)c(Br)cc23)CSSC1. The first-order chi connectivity index (χ1) is 12.8. The van der Waals surface area contributed by atoms with E-state index in [0.717, 1.165) is 25.4 Å². The summed E-state index contributed by atoms with van der Waals surface area (Å²) in [5.41, 5.74) is 5.96. The number of hydrogen-bond acceptors (Lipinski definition) is 5. The van der Waals surface area contributed by atoms with Gasteiger partial charge in [0.05, 0.1) is 0 Å². The summed E-state index contributed by atoms with van der Waals surface area (Å²) in [6.45, 7) is 0. The first kappa shape index (κ1) is 20.3. The van der Waals surface area contributed by atoms with E-state index in [1.165, 1.54) is 27.8 Å². The second kappa shape index (κ2) is 8.29. The van der Waals surface area contributed by atoms with E-state index in [1.54, 1.807) is 12.3 Å². The topological polar surface area (TPSA) is 117 Å². The molecule has 1 fully saturated rings. The number of benzene rings is 1. The van der Waals surface area contributed by atoms with Crippen molar-refractivity contribution in [1.82, 2.24) is 15.6 Å². The zero-order valence-corrected chi connectivity index (χ0v) is 18.5. The van der Waals surface area contributed by atoms with Gasteiger partial charge in [-0.1, -0.05) is 21.6 Å². The molecule has 3 rings (SSSR count). The highest BCUT2D eigenvalue weighted by Crippen LogP contribution is 2.37. The lowest BCUT2D eigenvalue weighted by molar-refractivity contribution is -0.140. The zero-order chi connectivity index (χ0) is 19.6. The van der Waals surface area contributed by atoms with Gasteiger partial charge in [0.25, 0.3) is 0 Å². The molecule has 7 nitrogen and oxygen atoms in total. The Kier molecular flexibility index (Phi) is 6.24. The average molecular weight is 534 g/mol. The van der Waals surface area contributed by atoms with Crippen molar-refractivity contribution in [2.24, 2.45) is 5.73 Å². The third kappa shape index (κ3) is 4.36. The minimum Gasteiger partial charge on any atom is -0.368 e. The highest BCUT2D eigenvalue weighted by molar-refractivity contribution is 9.13. The van der Waals surface area contributed by atoms with Crippen LogP contribution in [-0.2, 0) is 14.4 Å². The number of rotatable bonds is 4. The number of aromatic nitrogens is 1. The van der Waals surface area contributed by atoms with Crippen LogP contribution in [0.25, 0.3) is 17.0 Å². The fraction of sp³-hybridized carbons (Fsp3) is 0.188. The van der Waals surface area contributed by atoms with Crippen LogP contribution in [0.15, 0.2) is 33.5 Å². The molecule has 2 heterocycles. The van der Waals surface area contributed by atoms with Crippen molar-refractivity contribution in [3.63, 3.8) is 0 Å². The number of hydrogen-bond donors (Lipinski definition) is 4. The molecule has 1 aliphatic heterocycles. The molecule has 0 radical (unpaired) electrons. The lowest BCUT2D eigenvalue weighted by Crippen LogP contribution is -2.61. The number of nitrogens with one attached hydrogen (secondary N) is 3. The van der Waals surface area contributed by atoms with Gasteiger partial charge in [0.2, 0.25) is 5.91 Å². The second-order valence-electron chi connectivity index (χ2n) is 5.79. The number of fused-ring (bicyclic) bond motifs is 1. The van der Waals surface area contributed by atoms with Crippen LogP contribution in [0.2, 0.25) is 0 Å². The first-order valence-corrected chi connectivity index (χ1v) is 11.7. The molecule has 1 aliphatic rings. The Hall–Kier alpha value is -1.43. The van der Waals surface area contributed by atoms with Crippen LogP contribution in [0.5, 0.6) is 0 Å². The predicted octanol–water partition coefficient (Wildman–Crippen LogP) is 2.52. The van der Waals surface area contributed by atoms with Crippen LogP contribution in [0.3, 0.4) is 0 Å². The van der Waals surface area contributed by atoms with E-state index in [0.29, 0.717) is 11.5 Å². The van der Waals surface area contributed by atoms with Gasteiger partial charge >= 0.3 is 11.8 Å². The Morgan fingerprint density at radius 3 is 2.48 bits per heavy atom. The molecule has 0 aliphatic carbocycles. The highest BCUT2D eigenvalue weighted by Gasteiger charge is 2.43. The van der Waals surface area contributed by atoms with E-state index in [2.05, 4.69) is 47.5 Å². The van der Waals surface area contributed by atoms with Crippen LogP contribution in [0.4, 0.5) is 0 Å². The Bertz CT molecular complexity index is 955. The summed E-state index contributed by atoms with van der Waals surface area (Å²) in [5, 5.41) is 5.82. The minimum atomic E-state index is -1.19. The van der Waals surface area contributed by atoms with Crippen molar-refractivity contribution in [3.05, 3.63) is 39.0 Å². The van der Waals surface area contributed by atoms with Crippen molar-refractivity contribution in [2.45, 2.75) is 5.54 Å². The largest absolute Gasteiger partial charge is 0.368 e. The smallest absolute Gasteiger partial charge is 0.313 e. The normalized spacial score (nSPS) is 15.9. The average Bonchev–Trinajstić information content (AvgIpc) is 3.24. The van der Waals surface area contributed by atoms with E-state index < -0.39 is 23.3 Å². The quantitative estimate of drug-likeness (QED) is 0.356. The molecule has 0 spiro atoms. The van der Waals surface area contributed by atoms with Crippen molar-refractivity contribution in [2.75, 3.05) is 11.5 Å². The van der Waals surface area contributed by atoms with Gasteiger partial charge in [0.1, 0.15) is 5.54 Å². The Morgan fingerprint density at radius 2 is 1.81 bits per heavy atom. The molecule has 1 saturated heterocycles. The molecule has 0 bridgehead atoms. The maximum atomic E-state index is 12.1. The standard InChI is InChI=1S/C16H14Br2N4O3S2/c17-10-3-9-8(5-21-12(9)4-11(10)18)1-2-20-13(23)14(24)22-16(15(19)25)6-26-27-7-16/h1-5,21H,6-7H2,(H2,19,25)(H,20,23)(H,22,24). The van der Waals surface area contributed by atoms with Gasteiger partial charge in [-0.2, -0.15) is 0 Å². The van der Waals surface area contributed by atoms with Crippen molar-refractivity contribution < 1.29 is 14.4 Å². The second-order valence-corrected chi connectivity index (χ2v) is 9.96. The molecule has 2 aromatic rings. The summed E-state index contributed by atoms with van der Waals surface area (Å²) in [6, 6.07) is 3.87. The van der Waals surface area contributed by atoms with E-state index >= 15 is 0 Å². The molecule has 5 N–H and O–H groups in total. The Labute approximate surface area is 179 Å². The van der Waals surface area contributed by atoms with Crippen molar-refractivity contribution >= 4 is 88.1 Å². The van der Waals surface area contributed by atoms with E-state index in [4.69, 9.17) is 5.73 Å². The van der Waals surface area contributed by atoms with E-state index in [-0.39, 0.29) is 0 Å².